The van der Waals surface area contributed by atoms with Gasteiger partial charge in [0.2, 0.25) is 0 Å². The first-order valence-corrected chi connectivity index (χ1v) is 6.38. The van der Waals surface area contributed by atoms with E-state index in [2.05, 4.69) is 4.98 Å². The van der Waals surface area contributed by atoms with Crippen molar-refractivity contribution < 1.29 is 13.9 Å². The van der Waals surface area contributed by atoms with Gasteiger partial charge in [0.1, 0.15) is 5.82 Å². The zero-order chi connectivity index (χ0) is 14.0. The molecule has 0 aliphatic carbocycles. The van der Waals surface area contributed by atoms with Crippen molar-refractivity contribution in [2.75, 3.05) is 20.8 Å². The smallest absolute Gasteiger partial charge is 0.178 e. The molecule has 19 heavy (non-hydrogen) atoms. The van der Waals surface area contributed by atoms with Crippen LogP contribution in [-0.4, -0.2) is 36.5 Å². The van der Waals surface area contributed by atoms with Crippen LogP contribution in [0.15, 0.2) is 12.1 Å². The van der Waals surface area contributed by atoms with Crippen LogP contribution in [0.3, 0.4) is 0 Å². The number of imidazole rings is 1. The monoisotopic (exact) mass is 284 g/mol. The van der Waals surface area contributed by atoms with Crippen molar-refractivity contribution in [3.63, 3.8) is 0 Å². The first-order chi connectivity index (χ1) is 9.06. The highest BCUT2D eigenvalue weighted by Gasteiger charge is 2.13. The summed E-state index contributed by atoms with van der Waals surface area (Å²) in [7, 11) is 3.26. The van der Waals surface area contributed by atoms with E-state index in [0.29, 0.717) is 29.0 Å². The van der Waals surface area contributed by atoms with E-state index in [0.717, 1.165) is 5.52 Å². The average Bonchev–Trinajstić information content (AvgIpc) is 2.66. The molecule has 0 aliphatic rings. The summed E-state index contributed by atoms with van der Waals surface area (Å²) in [5.41, 5.74) is 2.17. The number of fused-ring (bicyclic) bond motifs is 1. The first-order valence-electron chi connectivity index (χ1n) is 5.97. The van der Waals surface area contributed by atoms with E-state index in [4.69, 9.17) is 21.7 Å². The highest BCUT2D eigenvalue weighted by molar-refractivity contribution is 7.71. The van der Waals surface area contributed by atoms with Gasteiger partial charge >= 0.3 is 0 Å². The molecular formula is C13H17FN2O2S. The standard InChI is InChI=1S/C13H17FN2O2S/c1-8-4-12-11(5-10(8)14)15-13(19)16(12)6-9(18-3)7-17-2/h4-5,9H,6-7H2,1-3H3,(H,15,19). The van der Waals surface area contributed by atoms with Gasteiger partial charge in [-0.1, -0.05) is 0 Å². The Morgan fingerprint density at radius 2 is 2.16 bits per heavy atom. The molecule has 0 bridgehead atoms. The van der Waals surface area contributed by atoms with Gasteiger partial charge in [-0.05, 0) is 36.8 Å². The number of benzene rings is 1. The van der Waals surface area contributed by atoms with E-state index in [1.807, 2.05) is 4.57 Å². The molecular weight excluding hydrogens is 267 g/mol. The van der Waals surface area contributed by atoms with Gasteiger partial charge in [-0.25, -0.2) is 4.39 Å². The predicted molar refractivity (Wildman–Crippen MR) is 74.5 cm³/mol. The summed E-state index contributed by atoms with van der Waals surface area (Å²) in [6.07, 6.45) is -0.0962. The molecule has 1 atom stereocenters. The quantitative estimate of drug-likeness (QED) is 0.858. The zero-order valence-electron chi connectivity index (χ0n) is 11.2. The van der Waals surface area contributed by atoms with Crippen LogP contribution in [0, 0.1) is 17.5 Å². The lowest BCUT2D eigenvalue weighted by Crippen LogP contribution is -2.23. The van der Waals surface area contributed by atoms with Crippen LogP contribution in [0.4, 0.5) is 4.39 Å². The van der Waals surface area contributed by atoms with Crippen LogP contribution >= 0.6 is 12.2 Å². The van der Waals surface area contributed by atoms with Crippen LogP contribution in [-0.2, 0) is 16.0 Å². The van der Waals surface area contributed by atoms with E-state index in [9.17, 15) is 4.39 Å². The lowest BCUT2D eigenvalue weighted by Gasteiger charge is -2.15. The maximum atomic E-state index is 13.5. The summed E-state index contributed by atoms with van der Waals surface area (Å²) in [6.45, 7) is 2.78. The molecule has 104 valence electrons. The van der Waals surface area contributed by atoms with Crippen LogP contribution in [0.25, 0.3) is 11.0 Å². The molecule has 0 saturated heterocycles. The Balaban J connectivity index is 2.45. The lowest BCUT2D eigenvalue weighted by atomic mass is 10.2. The molecule has 2 aromatic rings. The average molecular weight is 284 g/mol. The summed E-state index contributed by atoms with van der Waals surface area (Å²) < 4.78 is 26.4. The lowest BCUT2D eigenvalue weighted by molar-refractivity contribution is 0.0188. The van der Waals surface area contributed by atoms with Crippen molar-refractivity contribution in [1.29, 1.82) is 0 Å². The molecule has 1 aromatic carbocycles. The Morgan fingerprint density at radius 3 is 2.79 bits per heavy atom. The van der Waals surface area contributed by atoms with Crippen molar-refractivity contribution in [2.24, 2.45) is 0 Å². The third kappa shape index (κ3) is 2.86. The number of methoxy groups -OCH3 is 2. The van der Waals surface area contributed by atoms with E-state index in [-0.39, 0.29) is 11.9 Å². The van der Waals surface area contributed by atoms with Gasteiger partial charge in [-0.3, -0.25) is 0 Å². The highest BCUT2D eigenvalue weighted by atomic mass is 32.1. The summed E-state index contributed by atoms with van der Waals surface area (Å²) in [6, 6.07) is 3.26. The molecule has 0 amide bonds. The van der Waals surface area contributed by atoms with Crippen LogP contribution < -0.4 is 0 Å². The minimum atomic E-state index is -0.240. The van der Waals surface area contributed by atoms with E-state index in [1.54, 1.807) is 27.2 Å². The number of H-pyrrole nitrogens is 1. The third-order valence-corrected chi connectivity index (χ3v) is 3.45. The largest absolute Gasteiger partial charge is 0.382 e. The maximum Gasteiger partial charge on any atom is 0.178 e. The fourth-order valence-corrected chi connectivity index (χ4v) is 2.33. The van der Waals surface area contributed by atoms with Gasteiger partial charge in [-0.2, -0.15) is 0 Å². The molecule has 0 aliphatic heterocycles. The minimum absolute atomic E-state index is 0.0962. The molecule has 1 aromatic heterocycles. The van der Waals surface area contributed by atoms with E-state index >= 15 is 0 Å². The van der Waals surface area contributed by atoms with E-state index in [1.165, 1.54) is 6.07 Å². The molecule has 1 unspecified atom stereocenters. The molecule has 1 heterocycles. The minimum Gasteiger partial charge on any atom is -0.382 e. The van der Waals surface area contributed by atoms with Crippen molar-refractivity contribution in [2.45, 2.75) is 19.6 Å². The van der Waals surface area contributed by atoms with Crippen LogP contribution in [0.5, 0.6) is 0 Å². The molecule has 0 saturated carbocycles. The fourth-order valence-electron chi connectivity index (χ4n) is 2.05. The van der Waals surface area contributed by atoms with Gasteiger partial charge < -0.3 is 19.0 Å². The highest BCUT2D eigenvalue weighted by Crippen LogP contribution is 2.19. The van der Waals surface area contributed by atoms with Crippen LogP contribution in [0.1, 0.15) is 5.56 Å². The number of aromatic nitrogens is 2. The predicted octanol–water partition coefficient (Wildman–Crippen LogP) is 2.81. The number of aromatic amines is 1. The number of halogens is 1. The van der Waals surface area contributed by atoms with Gasteiger partial charge in [-0.15, -0.1) is 0 Å². The molecule has 0 fully saturated rings. The van der Waals surface area contributed by atoms with Gasteiger partial charge in [0.15, 0.2) is 4.77 Å². The van der Waals surface area contributed by atoms with Gasteiger partial charge in [0.05, 0.1) is 30.3 Å². The molecule has 0 radical (unpaired) electrons. The fraction of sp³-hybridized carbons (Fsp3) is 0.462. The number of hydrogen-bond acceptors (Lipinski definition) is 3. The van der Waals surface area contributed by atoms with E-state index < -0.39 is 0 Å². The Bertz CT molecular complexity index is 635. The topological polar surface area (TPSA) is 39.2 Å². The summed E-state index contributed by atoms with van der Waals surface area (Å²) in [5.74, 6) is -0.240. The molecule has 1 N–H and O–H groups in total. The van der Waals surface area contributed by atoms with Crippen LogP contribution in [0.2, 0.25) is 0 Å². The second-order valence-electron chi connectivity index (χ2n) is 4.47. The number of rotatable bonds is 5. The van der Waals surface area contributed by atoms with Crippen molar-refractivity contribution in [3.8, 4) is 0 Å². The van der Waals surface area contributed by atoms with Crippen molar-refractivity contribution in [1.82, 2.24) is 9.55 Å². The Hall–Kier alpha value is -1.24. The summed E-state index contributed by atoms with van der Waals surface area (Å²) in [4.78, 5) is 3.01. The number of ether oxygens (including phenoxy) is 2. The summed E-state index contributed by atoms with van der Waals surface area (Å²) >= 11 is 5.28. The Kier molecular flexibility index (Phi) is 4.34. The molecule has 0 spiro atoms. The Morgan fingerprint density at radius 1 is 1.42 bits per heavy atom. The normalized spacial score (nSPS) is 13.1. The summed E-state index contributed by atoms with van der Waals surface area (Å²) in [5, 5.41) is 0. The van der Waals surface area contributed by atoms with Gasteiger partial charge in [0.25, 0.3) is 0 Å². The number of nitrogens with one attached hydrogen (secondary N) is 1. The first kappa shape index (κ1) is 14.2. The molecule has 4 nitrogen and oxygen atoms in total. The van der Waals surface area contributed by atoms with Crippen molar-refractivity contribution >= 4 is 23.3 Å². The van der Waals surface area contributed by atoms with Gasteiger partial charge in [0, 0.05) is 14.2 Å². The number of nitrogens with zero attached hydrogens (tertiary/aromatic N) is 1. The second kappa shape index (κ2) is 5.81. The zero-order valence-corrected chi connectivity index (χ0v) is 12.0. The number of aryl methyl sites for hydroxylation is 1. The second-order valence-corrected chi connectivity index (χ2v) is 4.86. The molecule has 6 heteroatoms. The maximum absolute atomic E-state index is 13.5. The van der Waals surface area contributed by atoms with Crippen molar-refractivity contribution in [3.05, 3.63) is 28.3 Å². The number of hydrogen-bond donors (Lipinski definition) is 1. The third-order valence-electron chi connectivity index (χ3n) is 3.13. The molecule has 2 rings (SSSR count). The Labute approximate surface area is 116 Å². The SMILES string of the molecule is COCC(Cn1c(=S)[nH]c2cc(F)c(C)cc21)OC.